The Hall–Kier alpha value is -4.06. The van der Waals surface area contributed by atoms with Gasteiger partial charge in [-0.2, -0.15) is 4.98 Å². The van der Waals surface area contributed by atoms with Gasteiger partial charge in [0.1, 0.15) is 5.82 Å². The maximum atomic E-state index is 14.0. The fourth-order valence-corrected chi connectivity index (χ4v) is 4.53. The molecule has 0 fully saturated rings. The summed E-state index contributed by atoms with van der Waals surface area (Å²) in [6.07, 6.45) is 5.58. The second kappa shape index (κ2) is 10.3. The molecule has 3 aromatic heterocycles. The topological polar surface area (TPSA) is 121 Å². The van der Waals surface area contributed by atoms with E-state index in [1.54, 1.807) is 23.2 Å². The highest BCUT2D eigenvalue weighted by atomic mass is 127. The van der Waals surface area contributed by atoms with E-state index in [-0.39, 0.29) is 17.5 Å². The summed E-state index contributed by atoms with van der Waals surface area (Å²) in [7, 11) is 1.52. The number of rotatable bonds is 7. The number of nitrogens with zero attached hydrogens (tertiary/aromatic N) is 5. The normalized spacial score (nSPS) is 10.9. The molecule has 5 aromatic rings. The highest BCUT2D eigenvalue weighted by Gasteiger charge is 2.16. The molecule has 0 saturated heterocycles. The number of ether oxygens (including phenoxy) is 1. The number of benzene rings is 2. The number of aromatic nitrogens is 5. The van der Waals surface area contributed by atoms with Gasteiger partial charge in [-0.1, -0.05) is 36.4 Å². The first kappa shape index (κ1) is 23.7. The van der Waals surface area contributed by atoms with Gasteiger partial charge in [-0.05, 0) is 51.7 Å². The van der Waals surface area contributed by atoms with Crippen molar-refractivity contribution in [3.8, 4) is 22.8 Å². The largest absolute Gasteiger partial charge is 0.467 e. The van der Waals surface area contributed by atoms with E-state index in [1.165, 1.54) is 7.11 Å². The average Bonchev–Trinajstić information content (AvgIpc) is 2.91. The minimum atomic E-state index is -0.110. The summed E-state index contributed by atoms with van der Waals surface area (Å²) < 4.78 is 7.71. The third-order valence-corrected chi connectivity index (χ3v) is 6.48. The molecule has 5 rings (SSSR count). The van der Waals surface area contributed by atoms with E-state index in [0.29, 0.717) is 24.2 Å². The van der Waals surface area contributed by atoms with Gasteiger partial charge >= 0.3 is 6.01 Å². The highest BCUT2D eigenvalue weighted by molar-refractivity contribution is 14.1. The van der Waals surface area contributed by atoms with Crippen molar-refractivity contribution in [1.29, 1.82) is 0 Å². The van der Waals surface area contributed by atoms with E-state index >= 15 is 0 Å². The molecule has 0 amide bonds. The zero-order valence-electron chi connectivity index (χ0n) is 19.4. The third-order valence-electron chi connectivity index (χ3n) is 5.70. The molecule has 0 saturated carbocycles. The molecule has 2 aromatic carbocycles. The molecular weight excluding hydrogens is 569 g/mol. The Labute approximate surface area is 220 Å². The van der Waals surface area contributed by atoms with Crippen LogP contribution in [0.3, 0.4) is 0 Å². The number of hydrogen-bond acceptors (Lipinski definition) is 8. The molecule has 0 atom stereocenters. The Morgan fingerprint density at radius 2 is 1.81 bits per heavy atom. The smallest absolute Gasteiger partial charge is 0.316 e. The lowest BCUT2D eigenvalue weighted by molar-refractivity contribution is 0.380. The van der Waals surface area contributed by atoms with Crippen molar-refractivity contribution in [2.45, 2.75) is 6.42 Å². The standard InChI is InChI=1S/C26H22IN7O2/c1-36-26-31-13-17(14-32-26)20-9-5-6-16-12-19(10-11-29-23-21(27)15-30-25(28)33-23)34(24(35)22(16)20)18-7-3-2-4-8-18/h2-9,12-15H,10-11H2,1H3,(H3,28,29,30,33). The summed E-state index contributed by atoms with van der Waals surface area (Å²) in [5, 5.41) is 4.76. The molecule has 36 heavy (non-hydrogen) atoms. The van der Waals surface area contributed by atoms with Gasteiger partial charge < -0.3 is 15.8 Å². The number of halogens is 1. The lowest BCUT2D eigenvalue weighted by atomic mass is 10.00. The number of hydrogen-bond donors (Lipinski definition) is 2. The molecular formula is C26H22IN7O2. The first-order chi connectivity index (χ1) is 17.5. The number of nitrogens with one attached hydrogen (secondary N) is 1. The summed E-state index contributed by atoms with van der Waals surface area (Å²) in [5.41, 5.74) is 8.80. The van der Waals surface area contributed by atoms with Crippen LogP contribution < -0.4 is 21.3 Å². The second-order valence-electron chi connectivity index (χ2n) is 7.94. The summed E-state index contributed by atoms with van der Waals surface area (Å²) in [5.74, 6) is 0.874. The lowest BCUT2D eigenvalue weighted by Crippen LogP contribution is -2.24. The van der Waals surface area contributed by atoms with Crippen molar-refractivity contribution in [1.82, 2.24) is 24.5 Å². The van der Waals surface area contributed by atoms with Crippen molar-refractivity contribution < 1.29 is 4.74 Å². The Morgan fingerprint density at radius 3 is 2.56 bits per heavy atom. The van der Waals surface area contributed by atoms with E-state index in [4.69, 9.17) is 10.5 Å². The van der Waals surface area contributed by atoms with Crippen LogP contribution >= 0.6 is 22.6 Å². The number of nitrogens with two attached hydrogens (primary N) is 1. The molecule has 0 radical (unpaired) electrons. The number of methoxy groups -OCH3 is 1. The van der Waals surface area contributed by atoms with E-state index in [2.05, 4.69) is 53.9 Å². The van der Waals surface area contributed by atoms with Crippen LogP contribution in [0.25, 0.3) is 27.6 Å². The molecule has 0 spiro atoms. The van der Waals surface area contributed by atoms with Crippen LogP contribution in [0, 0.1) is 3.57 Å². The number of pyridine rings is 1. The Balaban J connectivity index is 1.60. The van der Waals surface area contributed by atoms with Gasteiger partial charge in [0.25, 0.3) is 5.56 Å². The van der Waals surface area contributed by atoms with E-state index < -0.39 is 0 Å². The molecule has 3 heterocycles. The zero-order valence-corrected chi connectivity index (χ0v) is 21.5. The predicted octanol–water partition coefficient (Wildman–Crippen LogP) is 4.09. The Morgan fingerprint density at radius 1 is 1.03 bits per heavy atom. The second-order valence-corrected chi connectivity index (χ2v) is 9.10. The van der Waals surface area contributed by atoms with Gasteiger partial charge in [-0.15, -0.1) is 0 Å². The maximum Gasteiger partial charge on any atom is 0.316 e. The van der Waals surface area contributed by atoms with Gasteiger partial charge in [0, 0.05) is 48.5 Å². The Kier molecular flexibility index (Phi) is 6.76. The maximum absolute atomic E-state index is 14.0. The quantitative estimate of drug-likeness (QED) is 0.272. The monoisotopic (exact) mass is 591 g/mol. The molecule has 9 nitrogen and oxygen atoms in total. The number of para-hydroxylation sites is 1. The van der Waals surface area contributed by atoms with Crippen molar-refractivity contribution in [3.05, 3.63) is 92.8 Å². The van der Waals surface area contributed by atoms with Crippen LogP contribution in [0.5, 0.6) is 6.01 Å². The van der Waals surface area contributed by atoms with Gasteiger partial charge in [0.15, 0.2) is 0 Å². The SMILES string of the molecule is COc1ncc(-c2cccc3cc(CCNc4nc(N)ncc4I)n(-c4ccccc4)c(=O)c23)cn1. The van der Waals surface area contributed by atoms with Crippen molar-refractivity contribution >= 4 is 45.1 Å². The zero-order chi connectivity index (χ0) is 25.1. The minimum Gasteiger partial charge on any atom is -0.467 e. The third kappa shape index (κ3) is 4.71. The van der Waals surface area contributed by atoms with Crippen LogP contribution in [-0.4, -0.2) is 38.2 Å². The van der Waals surface area contributed by atoms with Crippen LogP contribution in [0.4, 0.5) is 11.8 Å². The van der Waals surface area contributed by atoms with Crippen molar-refractivity contribution in [2.75, 3.05) is 24.7 Å². The van der Waals surface area contributed by atoms with E-state index in [0.717, 1.165) is 31.5 Å². The minimum absolute atomic E-state index is 0.110. The van der Waals surface area contributed by atoms with E-state index in [9.17, 15) is 4.79 Å². The predicted molar refractivity (Wildman–Crippen MR) is 148 cm³/mol. The Bertz CT molecular complexity index is 1590. The van der Waals surface area contributed by atoms with Gasteiger partial charge in [0.2, 0.25) is 5.95 Å². The molecule has 0 unspecified atom stereocenters. The summed E-state index contributed by atoms with van der Waals surface area (Å²) in [4.78, 5) is 30.8. The number of fused-ring (bicyclic) bond motifs is 1. The molecule has 0 aliphatic heterocycles. The highest BCUT2D eigenvalue weighted by Crippen LogP contribution is 2.28. The number of nitrogen functional groups attached to an aromatic ring is 1. The first-order valence-electron chi connectivity index (χ1n) is 11.2. The van der Waals surface area contributed by atoms with Gasteiger partial charge in [0.05, 0.1) is 16.1 Å². The van der Waals surface area contributed by atoms with E-state index in [1.807, 2.05) is 48.5 Å². The fourth-order valence-electron chi connectivity index (χ4n) is 4.07. The van der Waals surface area contributed by atoms with Crippen LogP contribution in [0.2, 0.25) is 0 Å². The summed E-state index contributed by atoms with van der Waals surface area (Å²) in [6, 6.07) is 17.7. The fraction of sp³-hybridized carbons (Fsp3) is 0.115. The molecule has 10 heteroatoms. The number of anilines is 2. The molecule has 0 bridgehead atoms. The molecule has 0 aliphatic carbocycles. The van der Waals surface area contributed by atoms with Gasteiger partial charge in [-0.25, -0.2) is 15.0 Å². The first-order valence-corrected chi connectivity index (χ1v) is 12.2. The van der Waals surface area contributed by atoms with Crippen molar-refractivity contribution in [3.63, 3.8) is 0 Å². The molecule has 180 valence electrons. The molecule has 0 aliphatic rings. The van der Waals surface area contributed by atoms with Gasteiger partial charge in [-0.3, -0.25) is 9.36 Å². The molecule has 3 N–H and O–H groups in total. The van der Waals surface area contributed by atoms with Crippen LogP contribution in [0.15, 0.2) is 78.0 Å². The van der Waals surface area contributed by atoms with Crippen molar-refractivity contribution in [2.24, 2.45) is 0 Å². The average molecular weight is 591 g/mol. The van der Waals surface area contributed by atoms with Crippen LogP contribution in [-0.2, 0) is 6.42 Å². The summed E-state index contributed by atoms with van der Waals surface area (Å²) in [6.45, 7) is 0.552. The van der Waals surface area contributed by atoms with Crippen LogP contribution in [0.1, 0.15) is 5.69 Å². The summed E-state index contributed by atoms with van der Waals surface area (Å²) >= 11 is 2.16. The lowest BCUT2D eigenvalue weighted by Gasteiger charge is -2.17.